The minimum absolute atomic E-state index is 0.0591. The number of methoxy groups -OCH3 is 1. The first-order chi connectivity index (χ1) is 11.0. The summed E-state index contributed by atoms with van der Waals surface area (Å²) in [5.41, 5.74) is 0.842. The lowest BCUT2D eigenvalue weighted by atomic mass is 10.2. The second-order valence-electron chi connectivity index (χ2n) is 5.70. The molecule has 0 atom stereocenters. The van der Waals surface area contributed by atoms with Crippen molar-refractivity contribution in [1.82, 2.24) is 5.32 Å². The molecule has 0 aliphatic heterocycles. The topological polar surface area (TPSA) is 75.7 Å². The number of carbonyl (C=O) groups is 3. The smallest absolute Gasteiger partial charge is 0.337 e. The molecule has 6 nitrogen and oxygen atoms in total. The minimum Gasteiger partial charge on any atom is -0.465 e. The van der Waals surface area contributed by atoms with Crippen LogP contribution in [0.25, 0.3) is 0 Å². The van der Waals surface area contributed by atoms with E-state index in [9.17, 15) is 14.4 Å². The Hall–Kier alpha value is -2.37. The van der Waals surface area contributed by atoms with E-state index < -0.39 is 5.97 Å². The van der Waals surface area contributed by atoms with E-state index in [1.54, 1.807) is 24.3 Å². The van der Waals surface area contributed by atoms with Gasteiger partial charge in [-0.1, -0.05) is 18.9 Å². The Labute approximate surface area is 135 Å². The first kappa shape index (κ1) is 17.0. The molecule has 1 aromatic rings. The normalized spacial score (nSPS) is 14.3. The third-order valence-corrected chi connectivity index (χ3v) is 3.98. The van der Waals surface area contributed by atoms with Gasteiger partial charge in [-0.3, -0.25) is 9.59 Å². The third-order valence-electron chi connectivity index (χ3n) is 3.98. The van der Waals surface area contributed by atoms with E-state index in [1.807, 2.05) is 0 Å². The van der Waals surface area contributed by atoms with Crippen LogP contribution >= 0.6 is 0 Å². The Morgan fingerprint density at radius 3 is 2.57 bits per heavy atom. The fourth-order valence-corrected chi connectivity index (χ4v) is 2.79. The van der Waals surface area contributed by atoms with Crippen molar-refractivity contribution >= 4 is 23.5 Å². The molecule has 2 amide bonds. The van der Waals surface area contributed by atoms with Gasteiger partial charge >= 0.3 is 5.97 Å². The summed E-state index contributed by atoms with van der Waals surface area (Å²) >= 11 is 0. The van der Waals surface area contributed by atoms with Gasteiger partial charge in [0.15, 0.2) is 0 Å². The summed E-state index contributed by atoms with van der Waals surface area (Å²) in [6, 6.07) is 6.71. The van der Waals surface area contributed by atoms with Crippen molar-refractivity contribution in [3.8, 4) is 0 Å². The number of benzene rings is 1. The fraction of sp³-hybridized carbons (Fsp3) is 0.471. The molecule has 1 aliphatic rings. The Morgan fingerprint density at radius 2 is 1.96 bits per heavy atom. The first-order valence-electron chi connectivity index (χ1n) is 7.77. The maximum Gasteiger partial charge on any atom is 0.337 e. The van der Waals surface area contributed by atoms with Gasteiger partial charge in [-0.2, -0.15) is 0 Å². The molecular weight excluding hydrogens is 296 g/mol. The van der Waals surface area contributed by atoms with Crippen LogP contribution in [0.3, 0.4) is 0 Å². The van der Waals surface area contributed by atoms with Crippen molar-refractivity contribution in [1.29, 1.82) is 0 Å². The quantitative estimate of drug-likeness (QED) is 0.841. The fourth-order valence-electron chi connectivity index (χ4n) is 2.79. The summed E-state index contributed by atoms with van der Waals surface area (Å²) in [4.78, 5) is 37.0. The SMILES string of the molecule is COC(=O)c1cccc(N(CC(=O)NC2CCCC2)C(C)=O)c1. The van der Waals surface area contributed by atoms with Gasteiger partial charge in [-0.15, -0.1) is 0 Å². The van der Waals surface area contributed by atoms with E-state index in [4.69, 9.17) is 0 Å². The lowest BCUT2D eigenvalue weighted by Crippen LogP contribution is -2.43. The summed E-state index contributed by atoms with van der Waals surface area (Å²) in [7, 11) is 1.30. The lowest BCUT2D eigenvalue weighted by Gasteiger charge is -2.22. The van der Waals surface area contributed by atoms with E-state index in [0.717, 1.165) is 25.7 Å². The van der Waals surface area contributed by atoms with Gasteiger partial charge in [0, 0.05) is 18.7 Å². The van der Waals surface area contributed by atoms with Crippen molar-refractivity contribution in [3.05, 3.63) is 29.8 Å². The van der Waals surface area contributed by atoms with E-state index in [1.165, 1.54) is 18.9 Å². The van der Waals surface area contributed by atoms with Crippen LogP contribution in [-0.4, -0.2) is 37.5 Å². The highest BCUT2D eigenvalue weighted by atomic mass is 16.5. The number of carbonyl (C=O) groups excluding carboxylic acids is 3. The molecule has 23 heavy (non-hydrogen) atoms. The molecule has 2 rings (SSSR count). The molecule has 0 aromatic heterocycles. The highest BCUT2D eigenvalue weighted by Gasteiger charge is 2.21. The third kappa shape index (κ3) is 4.55. The highest BCUT2D eigenvalue weighted by Crippen LogP contribution is 2.19. The number of anilines is 1. The van der Waals surface area contributed by atoms with Gasteiger partial charge in [-0.25, -0.2) is 4.79 Å². The number of rotatable bonds is 5. The van der Waals surface area contributed by atoms with Crippen molar-refractivity contribution < 1.29 is 19.1 Å². The molecule has 6 heteroatoms. The van der Waals surface area contributed by atoms with Gasteiger partial charge in [-0.05, 0) is 31.0 Å². The summed E-state index contributed by atoms with van der Waals surface area (Å²) in [6.07, 6.45) is 4.23. The van der Waals surface area contributed by atoms with Gasteiger partial charge in [0.05, 0.1) is 12.7 Å². The molecule has 0 unspecified atom stereocenters. The minimum atomic E-state index is -0.481. The summed E-state index contributed by atoms with van der Waals surface area (Å²) in [5.74, 6) is -0.921. The van der Waals surface area contributed by atoms with Gasteiger partial charge in [0.2, 0.25) is 11.8 Å². The van der Waals surface area contributed by atoms with Crippen molar-refractivity contribution in [2.75, 3.05) is 18.6 Å². The molecule has 0 bridgehead atoms. The molecule has 0 saturated heterocycles. The molecule has 0 radical (unpaired) electrons. The zero-order valence-electron chi connectivity index (χ0n) is 13.5. The van der Waals surface area contributed by atoms with Crippen LogP contribution in [-0.2, 0) is 14.3 Å². The largest absolute Gasteiger partial charge is 0.465 e. The summed E-state index contributed by atoms with van der Waals surface area (Å²) in [5, 5.41) is 2.96. The average molecular weight is 318 g/mol. The maximum absolute atomic E-state index is 12.2. The van der Waals surface area contributed by atoms with Crippen molar-refractivity contribution in [2.45, 2.75) is 38.6 Å². The van der Waals surface area contributed by atoms with Crippen LogP contribution in [0, 0.1) is 0 Å². The van der Waals surface area contributed by atoms with Crippen molar-refractivity contribution in [3.63, 3.8) is 0 Å². The zero-order valence-corrected chi connectivity index (χ0v) is 13.5. The van der Waals surface area contributed by atoms with Crippen LogP contribution < -0.4 is 10.2 Å². The second-order valence-corrected chi connectivity index (χ2v) is 5.70. The van der Waals surface area contributed by atoms with Gasteiger partial charge in [0.1, 0.15) is 6.54 Å². The molecule has 1 fully saturated rings. The number of amides is 2. The number of nitrogens with one attached hydrogen (secondary N) is 1. The number of nitrogens with zero attached hydrogens (tertiary/aromatic N) is 1. The van der Waals surface area contributed by atoms with Crippen LogP contribution in [0.5, 0.6) is 0 Å². The van der Waals surface area contributed by atoms with Gasteiger partial charge in [0.25, 0.3) is 0 Å². The molecule has 1 N–H and O–H groups in total. The number of esters is 1. The Bertz CT molecular complexity index is 594. The summed E-state index contributed by atoms with van der Waals surface area (Å²) < 4.78 is 4.68. The monoisotopic (exact) mass is 318 g/mol. The van der Waals surface area contributed by atoms with Crippen LogP contribution in [0.1, 0.15) is 43.0 Å². The predicted octanol–water partition coefficient (Wildman–Crippen LogP) is 1.88. The van der Waals surface area contributed by atoms with Crippen LogP contribution in [0.4, 0.5) is 5.69 Å². The van der Waals surface area contributed by atoms with E-state index >= 15 is 0 Å². The molecule has 1 aliphatic carbocycles. The molecule has 0 heterocycles. The van der Waals surface area contributed by atoms with Crippen molar-refractivity contribution in [2.24, 2.45) is 0 Å². The Balaban J connectivity index is 2.10. The van der Waals surface area contributed by atoms with E-state index in [2.05, 4.69) is 10.1 Å². The summed E-state index contributed by atoms with van der Waals surface area (Å²) in [6.45, 7) is 1.34. The second kappa shape index (κ2) is 7.76. The highest BCUT2D eigenvalue weighted by molar-refractivity contribution is 5.99. The van der Waals surface area contributed by atoms with E-state index in [-0.39, 0.29) is 24.4 Å². The van der Waals surface area contributed by atoms with Crippen LogP contribution in [0.2, 0.25) is 0 Å². The standard InChI is InChI=1S/C17H22N2O4/c1-12(20)19(11-16(21)18-14-7-3-4-8-14)15-9-5-6-13(10-15)17(22)23-2/h5-6,9-10,14H,3-4,7-8,11H2,1-2H3,(H,18,21). The predicted molar refractivity (Wildman–Crippen MR) is 86.2 cm³/mol. The molecule has 0 spiro atoms. The average Bonchev–Trinajstić information content (AvgIpc) is 3.04. The molecule has 1 saturated carbocycles. The first-order valence-corrected chi connectivity index (χ1v) is 7.77. The zero-order chi connectivity index (χ0) is 16.8. The Morgan fingerprint density at radius 1 is 1.26 bits per heavy atom. The number of ether oxygens (including phenoxy) is 1. The number of hydrogen-bond donors (Lipinski definition) is 1. The molecule has 1 aromatic carbocycles. The van der Waals surface area contributed by atoms with E-state index in [0.29, 0.717) is 11.3 Å². The molecule has 124 valence electrons. The lowest BCUT2D eigenvalue weighted by molar-refractivity contribution is -0.123. The molecular formula is C17H22N2O4. The van der Waals surface area contributed by atoms with Crippen LogP contribution in [0.15, 0.2) is 24.3 Å². The number of hydrogen-bond acceptors (Lipinski definition) is 4. The van der Waals surface area contributed by atoms with Gasteiger partial charge < -0.3 is 15.0 Å². The Kier molecular flexibility index (Phi) is 5.73. The maximum atomic E-state index is 12.2.